The van der Waals surface area contributed by atoms with Gasteiger partial charge in [0.2, 0.25) is 5.91 Å². The van der Waals surface area contributed by atoms with Gasteiger partial charge in [-0.05, 0) is 23.3 Å². The first-order chi connectivity index (χ1) is 13.1. The van der Waals surface area contributed by atoms with E-state index in [2.05, 4.69) is 10.6 Å². The van der Waals surface area contributed by atoms with Crippen LogP contribution in [0.2, 0.25) is 0 Å². The fourth-order valence-corrected chi connectivity index (χ4v) is 2.38. The number of rotatable bonds is 9. The summed E-state index contributed by atoms with van der Waals surface area (Å²) in [6, 6.07) is 14.7. The van der Waals surface area contributed by atoms with E-state index < -0.39 is 6.09 Å². The molecule has 0 atom stereocenters. The molecule has 0 unspecified atom stereocenters. The van der Waals surface area contributed by atoms with E-state index in [0.717, 1.165) is 11.1 Å². The zero-order chi connectivity index (χ0) is 19.5. The van der Waals surface area contributed by atoms with Gasteiger partial charge >= 0.3 is 6.09 Å². The van der Waals surface area contributed by atoms with Crippen molar-refractivity contribution in [2.24, 2.45) is 0 Å². The first kappa shape index (κ1) is 20.1. The predicted molar refractivity (Wildman–Crippen MR) is 101 cm³/mol. The van der Waals surface area contributed by atoms with Crippen molar-refractivity contribution < 1.29 is 23.8 Å². The summed E-state index contributed by atoms with van der Waals surface area (Å²) in [6.45, 7) is 0.802. The van der Waals surface area contributed by atoms with E-state index in [1.165, 1.54) is 0 Å². The van der Waals surface area contributed by atoms with Crippen LogP contribution in [0.1, 0.15) is 11.1 Å². The molecular weight excluding hydrogens is 348 g/mol. The van der Waals surface area contributed by atoms with Crippen molar-refractivity contribution >= 4 is 12.0 Å². The first-order valence-electron chi connectivity index (χ1n) is 8.54. The molecule has 27 heavy (non-hydrogen) atoms. The van der Waals surface area contributed by atoms with Gasteiger partial charge in [-0.25, -0.2) is 4.79 Å². The number of amides is 2. The lowest BCUT2D eigenvalue weighted by atomic mass is 10.1. The number of benzene rings is 2. The Morgan fingerprint density at radius 2 is 1.56 bits per heavy atom. The summed E-state index contributed by atoms with van der Waals surface area (Å²) in [5, 5.41) is 5.34. The van der Waals surface area contributed by atoms with Gasteiger partial charge in [0, 0.05) is 13.1 Å². The van der Waals surface area contributed by atoms with Gasteiger partial charge in [0.05, 0.1) is 20.6 Å². The predicted octanol–water partition coefficient (Wildman–Crippen LogP) is 2.29. The molecule has 0 aliphatic heterocycles. The van der Waals surface area contributed by atoms with Crippen LogP contribution in [-0.2, 0) is 22.6 Å². The van der Waals surface area contributed by atoms with Gasteiger partial charge in [-0.1, -0.05) is 36.4 Å². The lowest BCUT2D eigenvalue weighted by Crippen LogP contribution is -2.35. The maximum Gasteiger partial charge on any atom is 0.407 e. The number of methoxy groups -OCH3 is 2. The molecule has 0 aromatic heterocycles. The van der Waals surface area contributed by atoms with Gasteiger partial charge in [0.15, 0.2) is 11.5 Å². The highest BCUT2D eigenvalue weighted by Gasteiger charge is 2.08. The Balaban J connectivity index is 1.65. The monoisotopic (exact) mass is 372 g/mol. The molecule has 0 fully saturated rings. The third-order valence-electron chi connectivity index (χ3n) is 3.74. The highest BCUT2D eigenvalue weighted by atomic mass is 16.5. The second kappa shape index (κ2) is 10.7. The van der Waals surface area contributed by atoms with Crippen molar-refractivity contribution in [3.63, 3.8) is 0 Å². The Morgan fingerprint density at radius 1 is 0.852 bits per heavy atom. The van der Waals surface area contributed by atoms with E-state index in [1.807, 2.05) is 30.3 Å². The van der Waals surface area contributed by atoms with Crippen molar-refractivity contribution in [1.29, 1.82) is 0 Å². The van der Waals surface area contributed by atoms with Crippen LogP contribution in [0, 0.1) is 0 Å². The third-order valence-corrected chi connectivity index (χ3v) is 3.74. The fourth-order valence-electron chi connectivity index (χ4n) is 2.38. The second-order valence-corrected chi connectivity index (χ2v) is 5.70. The maximum atomic E-state index is 12.0. The number of carbonyl (C=O) groups excluding carboxylic acids is 2. The Hall–Kier alpha value is -3.22. The van der Waals surface area contributed by atoms with E-state index >= 15 is 0 Å². The second-order valence-electron chi connectivity index (χ2n) is 5.70. The Labute approximate surface area is 158 Å². The van der Waals surface area contributed by atoms with Crippen molar-refractivity contribution in [1.82, 2.24) is 10.6 Å². The summed E-state index contributed by atoms with van der Waals surface area (Å²) in [6.07, 6.45) is -0.313. The molecule has 0 heterocycles. The quantitative estimate of drug-likeness (QED) is 0.660. The smallest absolute Gasteiger partial charge is 0.407 e. The van der Waals surface area contributed by atoms with Crippen LogP contribution in [0.25, 0.3) is 0 Å². The molecular formula is C20H24N2O5. The summed E-state index contributed by atoms with van der Waals surface area (Å²) < 4.78 is 15.5. The fraction of sp³-hybridized carbons (Fsp3) is 0.300. The molecule has 2 N–H and O–H groups in total. The summed E-state index contributed by atoms with van der Waals surface area (Å²) in [5.74, 6) is 1.03. The van der Waals surface area contributed by atoms with E-state index in [4.69, 9.17) is 14.2 Å². The SMILES string of the molecule is COc1ccc(CC(=O)NCCNC(=O)OCc2ccccc2)cc1OC. The van der Waals surface area contributed by atoms with Crippen molar-refractivity contribution in [3.8, 4) is 11.5 Å². The van der Waals surface area contributed by atoms with Gasteiger partial charge in [-0.3, -0.25) is 4.79 Å². The molecule has 0 aliphatic carbocycles. The summed E-state index contributed by atoms with van der Waals surface area (Å²) in [7, 11) is 3.10. The number of ether oxygens (including phenoxy) is 3. The molecule has 0 saturated carbocycles. The Bertz CT molecular complexity index is 749. The van der Waals surface area contributed by atoms with E-state index in [9.17, 15) is 9.59 Å². The lowest BCUT2D eigenvalue weighted by Gasteiger charge is -2.10. The number of alkyl carbamates (subject to hydrolysis) is 1. The Morgan fingerprint density at radius 3 is 2.26 bits per heavy atom. The lowest BCUT2D eigenvalue weighted by molar-refractivity contribution is -0.120. The highest BCUT2D eigenvalue weighted by molar-refractivity contribution is 5.78. The molecule has 2 aromatic carbocycles. The molecule has 7 nitrogen and oxygen atoms in total. The Kier molecular flexibility index (Phi) is 7.96. The van der Waals surface area contributed by atoms with E-state index in [1.54, 1.807) is 32.4 Å². The number of hydrogen-bond donors (Lipinski definition) is 2. The van der Waals surface area contributed by atoms with Crippen LogP contribution in [0.5, 0.6) is 11.5 Å². The minimum Gasteiger partial charge on any atom is -0.493 e. The molecule has 0 radical (unpaired) electrons. The van der Waals surface area contributed by atoms with Gasteiger partial charge in [0.25, 0.3) is 0 Å². The molecule has 2 rings (SSSR count). The molecule has 0 spiro atoms. The minimum absolute atomic E-state index is 0.151. The average Bonchev–Trinajstić information content (AvgIpc) is 2.70. The van der Waals surface area contributed by atoms with Crippen LogP contribution >= 0.6 is 0 Å². The molecule has 144 valence electrons. The highest BCUT2D eigenvalue weighted by Crippen LogP contribution is 2.27. The molecule has 0 bridgehead atoms. The third kappa shape index (κ3) is 6.89. The van der Waals surface area contributed by atoms with Gasteiger partial charge in [-0.2, -0.15) is 0 Å². The average molecular weight is 372 g/mol. The van der Waals surface area contributed by atoms with Crippen molar-refractivity contribution in [2.75, 3.05) is 27.3 Å². The topological polar surface area (TPSA) is 85.9 Å². The largest absolute Gasteiger partial charge is 0.493 e. The minimum atomic E-state index is -0.520. The zero-order valence-corrected chi connectivity index (χ0v) is 15.5. The number of hydrogen-bond acceptors (Lipinski definition) is 5. The summed E-state index contributed by atoms with van der Waals surface area (Å²) in [4.78, 5) is 23.6. The van der Waals surface area contributed by atoms with Gasteiger partial charge in [-0.15, -0.1) is 0 Å². The number of nitrogens with one attached hydrogen (secondary N) is 2. The molecule has 7 heteroatoms. The van der Waals surface area contributed by atoms with Gasteiger partial charge < -0.3 is 24.8 Å². The van der Waals surface area contributed by atoms with Crippen LogP contribution in [0.4, 0.5) is 4.79 Å². The van der Waals surface area contributed by atoms with Crippen LogP contribution < -0.4 is 20.1 Å². The maximum absolute atomic E-state index is 12.0. The molecule has 0 saturated heterocycles. The molecule has 2 amide bonds. The molecule has 2 aromatic rings. The van der Waals surface area contributed by atoms with Crippen LogP contribution in [0.3, 0.4) is 0 Å². The molecule has 0 aliphatic rings. The first-order valence-corrected chi connectivity index (χ1v) is 8.54. The van der Waals surface area contributed by atoms with Gasteiger partial charge in [0.1, 0.15) is 6.61 Å². The standard InChI is InChI=1S/C20H24N2O5/c1-25-17-9-8-16(12-18(17)26-2)13-19(23)21-10-11-22-20(24)27-14-15-6-4-3-5-7-15/h3-9,12H,10-11,13-14H2,1-2H3,(H,21,23)(H,22,24). The van der Waals surface area contributed by atoms with E-state index in [-0.39, 0.29) is 25.5 Å². The van der Waals surface area contributed by atoms with Crippen LogP contribution in [0.15, 0.2) is 48.5 Å². The van der Waals surface area contributed by atoms with Crippen molar-refractivity contribution in [3.05, 3.63) is 59.7 Å². The normalized spacial score (nSPS) is 10.0. The summed E-state index contributed by atoms with van der Waals surface area (Å²) in [5.41, 5.74) is 1.72. The zero-order valence-electron chi connectivity index (χ0n) is 15.5. The summed E-state index contributed by atoms with van der Waals surface area (Å²) >= 11 is 0. The van der Waals surface area contributed by atoms with Crippen LogP contribution in [-0.4, -0.2) is 39.3 Å². The number of carbonyl (C=O) groups is 2. The van der Waals surface area contributed by atoms with Crippen molar-refractivity contribution in [2.45, 2.75) is 13.0 Å². The van der Waals surface area contributed by atoms with E-state index in [0.29, 0.717) is 18.0 Å².